The highest BCUT2D eigenvalue weighted by molar-refractivity contribution is 4.95. The topological polar surface area (TPSA) is 38.0 Å². The van der Waals surface area contributed by atoms with E-state index in [0.29, 0.717) is 5.41 Å². The first-order chi connectivity index (χ1) is 5.54. The van der Waals surface area contributed by atoms with Crippen molar-refractivity contribution in [3.8, 4) is 0 Å². The Bertz CT molecular complexity index is 136. The van der Waals surface area contributed by atoms with Crippen LogP contribution in [0, 0.1) is 5.41 Å². The van der Waals surface area contributed by atoms with E-state index in [1.54, 1.807) is 0 Å². The molecule has 0 radical (unpaired) electrons. The van der Waals surface area contributed by atoms with Crippen molar-refractivity contribution in [2.75, 3.05) is 13.6 Å². The summed E-state index contributed by atoms with van der Waals surface area (Å²) in [4.78, 5) is 0. The van der Waals surface area contributed by atoms with E-state index in [9.17, 15) is 0 Å². The molecule has 0 amide bonds. The Balaban J connectivity index is 2.53. The zero-order valence-electron chi connectivity index (χ0n) is 8.61. The van der Waals surface area contributed by atoms with Crippen molar-refractivity contribution in [3.05, 3.63) is 0 Å². The van der Waals surface area contributed by atoms with E-state index in [2.05, 4.69) is 19.2 Å². The molecule has 1 aliphatic carbocycles. The van der Waals surface area contributed by atoms with Crippen LogP contribution in [0.4, 0.5) is 0 Å². The molecule has 0 saturated heterocycles. The molecule has 0 aromatic rings. The summed E-state index contributed by atoms with van der Waals surface area (Å²) in [5.74, 6) is 0. The van der Waals surface area contributed by atoms with Crippen molar-refractivity contribution >= 4 is 0 Å². The van der Waals surface area contributed by atoms with Gasteiger partial charge in [-0.2, -0.15) is 0 Å². The molecule has 72 valence electrons. The molecule has 0 heterocycles. The monoisotopic (exact) mass is 170 g/mol. The number of likely N-dealkylation sites (N-methyl/N-ethyl adjacent to an activating group) is 1. The lowest BCUT2D eigenvalue weighted by molar-refractivity contribution is 0.147. The van der Waals surface area contributed by atoms with E-state index in [1.807, 2.05) is 7.05 Å². The first-order valence-electron chi connectivity index (χ1n) is 4.93. The number of nitrogens with one attached hydrogen (secondary N) is 1. The first-order valence-corrected chi connectivity index (χ1v) is 4.93. The van der Waals surface area contributed by atoms with Crippen LogP contribution in [-0.4, -0.2) is 19.1 Å². The third-order valence-corrected chi connectivity index (χ3v) is 3.48. The van der Waals surface area contributed by atoms with Gasteiger partial charge in [-0.3, -0.25) is 0 Å². The molecule has 0 bridgehead atoms. The fraction of sp³-hybridized carbons (Fsp3) is 1.00. The fourth-order valence-electron chi connectivity index (χ4n) is 1.96. The van der Waals surface area contributed by atoms with Gasteiger partial charge in [-0.15, -0.1) is 0 Å². The molecular weight excluding hydrogens is 148 g/mol. The van der Waals surface area contributed by atoms with Crippen LogP contribution in [0.5, 0.6) is 0 Å². The van der Waals surface area contributed by atoms with Gasteiger partial charge in [0.05, 0.1) is 0 Å². The second kappa shape index (κ2) is 3.35. The van der Waals surface area contributed by atoms with E-state index in [0.717, 1.165) is 6.54 Å². The number of nitrogens with two attached hydrogens (primary N) is 1. The lowest BCUT2D eigenvalue weighted by Crippen LogP contribution is -2.52. The molecule has 1 aliphatic rings. The van der Waals surface area contributed by atoms with Gasteiger partial charge < -0.3 is 11.1 Å². The summed E-state index contributed by atoms with van der Waals surface area (Å²) in [6.45, 7) is 5.48. The Morgan fingerprint density at radius 1 is 1.17 bits per heavy atom. The molecular formula is C10H22N2. The average molecular weight is 170 g/mol. The van der Waals surface area contributed by atoms with E-state index in [-0.39, 0.29) is 5.54 Å². The second-order valence-electron chi connectivity index (χ2n) is 4.90. The molecule has 12 heavy (non-hydrogen) atoms. The van der Waals surface area contributed by atoms with Crippen molar-refractivity contribution in [2.24, 2.45) is 11.1 Å². The summed E-state index contributed by atoms with van der Waals surface area (Å²) in [6, 6.07) is 0. The lowest BCUT2D eigenvalue weighted by atomic mass is 9.69. The molecule has 2 nitrogen and oxygen atoms in total. The minimum atomic E-state index is 0.246. The molecule has 0 aromatic heterocycles. The van der Waals surface area contributed by atoms with Crippen LogP contribution < -0.4 is 11.1 Å². The fourth-order valence-corrected chi connectivity index (χ4v) is 1.96. The summed E-state index contributed by atoms with van der Waals surface area (Å²) < 4.78 is 0. The summed E-state index contributed by atoms with van der Waals surface area (Å²) >= 11 is 0. The van der Waals surface area contributed by atoms with Gasteiger partial charge in [0, 0.05) is 12.1 Å². The largest absolute Gasteiger partial charge is 0.329 e. The highest BCUT2D eigenvalue weighted by Crippen LogP contribution is 2.39. The predicted molar refractivity (Wildman–Crippen MR) is 53.1 cm³/mol. The normalized spacial score (nSPS) is 27.0. The zero-order chi connectivity index (χ0) is 9.24. The van der Waals surface area contributed by atoms with Crippen LogP contribution in [0.25, 0.3) is 0 Å². The van der Waals surface area contributed by atoms with Crippen molar-refractivity contribution < 1.29 is 0 Å². The molecule has 1 rings (SSSR count). The van der Waals surface area contributed by atoms with Crippen LogP contribution in [0.15, 0.2) is 0 Å². The quantitative estimate of drug-likeness (QED) is 0.659. The van der Waals surface area contributed by atoms with Crippen LogP contribution in [-0.2, 0) is 0 Å². The summed E-state index contributed by atoms with van der Waals surface area (Å²) in [5, 5.41) is 3.38. The Kier molecular flexibility index (Phi) is 2.79. The second-order valence-corrected chi connectivity index (χ2v) is 4.90. The van der Waals surface area contributed by atoms with Gasteiger partial charge in [-0.25, -0.2) is 0 Å². The van der Waals surface area contributed by atoms with Crippen LogP contribution >= 0.6 is 0 Å². The van der Waals surface area contributed by atoms with Gasteiger partial charge in [0.2, 0.25) is 0 Å². The average Bonchev–Trinajstić information content (AvgIpc) is 2.06. The zero-order valence-corrected chi connectivity index (χ0v) is 8.61. The van der Waals surface area contributed by atoms with E-state index >= 15 is 0 Å². The van der Waals surface area contributed by atoms with E-state index in [1.165, 1.54) is 25.7 Å². The molecule has 0 aromatic carbocycles. The molecule has 2 heteroatoms. The van der Waals surface area contributed by atoms with Crippen molar-refractivity contribution in [3.63, 3.8) is 0 Å². The Labute approximate surface area is 75.9 Å². The van der Waals surface area contributed by atoms with E-state index < -0.39 is 0 Å². The van der Waals surface area contributed by atoms with E-state index in [4.69, 9.17) is 5.73 Å². The molecule has 0 unspecified atom stereocenters. The van der Waals surface area contributed by atoms with Crippen LogP contribution in [0.1, 0.15) is 39.5 Å². The van der Waals surface area contributed by atoms with Gasteiger partial charge in [-0.05, 0) is 38.1 Å². The highest BCUT2D eigenvalue weighted by atomic mass is 15.0. The molecule has 3 N–H and O–H groups in total. The lowest BCUT2D eigenvalue weighted by Gasteiger charge is -2.43. The summed E-state index contributed by atoms with van der Waals surface area (Å²) in [7, 11) is 2.03. The molecule has 0 atom stereocenters. The van der Waals surface area contributed by atoms with Gasteiger partial charge in [-0.1, -0.05) is 13.8 Å². The minimum Gasteiger partial charge on any atom is -0.329 e. The number of hydrogen-bond donors (Lipinski definition) is 2. The Morgan fingerprint density at radius 2 is 1.67 bits per heavy atom. The maximum Gasteiger partial charge on any atom is 0.0301 e. The van der Waals surface area contributed by atoms with Crippen molar-refractivity contribution in [2.45, 2.75) is 45.1 Å². The smallest absolute Gasteiger partial charge is 0.0301 e. The Morgan fingerprint density at radius 3 is 2.00 bits per heavy atom. The molecule has 1 saturated carbocycles. The van der Waals surface area contributed by atoms with Gasteiger partial charge in [0.1, 0.15) is 0 Å². The van der Waals surface area contributed by atoms with Gasteiger partial charge >= 0.3 is 0 Å². The summed E-state index contributed by atoms with van der Waals surface area (Å²) in [6.07, 6.45) is 5.05. The van der Waals surface area contributed by atoms with Crippen molar-refractivity contribution in [1.29, 1.82) is 0 Å². The van der Waals surface area contributed by atoms with Crippen LogP contribution in [0.3, 0.4) is 0 Å². The van der Waals surface area contributed by atoms with Gasteiger partial charge in [0.25, 0.3) is 0 Å². The highest BCUT2D eigenvalue weighted by Gasteiger charge is 2.35. The first kappa shape index (κ1) is 10.0. The molecule has 1 fully saturated rings. The molecule has 0 aliphatic heterocycles. The van der Waals surface area contributed by atoms with Crippen LogP contribution in [0.2, 0.25) is 0 Å². The number of rotatable bonds is 2. The standard InChI is InChI=1S/C10H22N2/c1-9(2)4-6-10(8-11,12-3)7-5-9/h12H,4-8,11H2,1-3H3. The third kappa shape index (κ3) is 1.99. The van der Waals surface area contributed by atoms with Crippen molar-refractivity contribution in [1.82, 2.24) is 5.32 Å². The maximum absolute atomic E-state index is 5.77. The number of hydrogen-bond acceptors (Lipinski definition) is 2. The minimum absolute atomic E-state index is 0.246. The predicted octanol–water partition coefficient (Wildman–Crippen LogP) is 1.50. The summed E-state index contributed by atoms with van der Waals surface area (Å²) in [5.41, 5.74) is 6.56. The Hall–Kier alpha value is -0.0800. The third-order valence-electron chi connectivity index (χ3n) is 3.48. The molecule has 0 spiro atoms. The maximum atomic E-state index is 5.77. The SMILES string of the molecule is CNC1(CN)CCC(C)(C)CC1. The van der Waals surface area contributed by atoms with Gasteiger partial charge in [0.15, 0.2) is 0 Å².